The summed E-state index contributed by atoms with van der Waals surface area (Å²) in [5.74, 6) is 0.0899. The quantitative estimate of drug-likeness (QED) is 0.650. The number of fused-ring (bicyclic) bond motifs is 2. The van der Waals surface area contributed by atoms with Crippen LogP contribution in [0.4, 0.5) is 14.6 Å². The number of phenols is 1. The molecule has 1 aromatic carbocycles. The summed E-state index contributed by atoms with van der Waals surface area (Å²) in [5, 5.41) is 22.9. The van der Waals surface area contributed by atoms with E-state index in [-0.39, 0.29) is 23.9 Å². The summed E-state index contributed by atoms with van der Waals surface area (Å²) < 4.78 is 29.6. The Morgan fingerprint density at radius 3 is 2.68 bits per heavy atom. The molecule has 5 rings (SSSR count). The van der Waals surface area contributed by atoms with Crippen molar-refractivity contribution in [3.8, 4) is 22.7 Å². The van der Waals surface area contributed by atoms with Gasteiger partial charge in [0.15, 0.2) is 11.6 Å². The molecule has 0 amide bonds. The second-order valence-electron chi connectivity index (χ2n) is 8.05. The number of halogens is 2. The fraction of sp³-hybridized carbons (Fsp3) is 0.318. The number of nitrogens with zero attached hydrogens (tertiary/aromatic N) is 6. The Morgan fingerprint density at radius 1 is 1.16 bits per heavy atom. The minimum absolute atomic E-state index is 0.0226. The molecule has 9 heteroatoms. The number of piperidine rings is 1. The van der Waals surface area contributed by atoms with Crippen LogP contribution in [0, 0.1) is 5.82 Å². The zero-order valence-electron chi connectivity index (χ0n) is 17.1. The predicted molar refractivity (Wildman–Crippen MR) is 112 cm³/mol. The molecular formula is C22H22F2N6O. The Balaban J connectivity index is 1.35. The molecular weight excluding hydrogens is 402 g/mol. The second kappa shape index (κ2) is 7.42. The summed E-state index contributed by atoms with van der Waals surface area (Å²) in [6.07, 6.45) is 6.00. The monoisotopic (exact) mass is 424 g/mol. The fourth-order valence-electron chi connectivity index (χ4n) is 4.44. The molecule has 31 heavy (non-hydrogen) atoms. The van der Waals surface area contributed by atoms with Crippen molar-refractivity contribution in [1.29, 1.82) is 0 Å². The molecule has 4 heterocycles. The minimum atomic E-state index is -1.02. The van der Waals surface area contributed by atoms with Crippen molar-refractivity contribution in [3.05, 3.63) is 60.7 Å². The summed E-state index contributed by atoms with van der Waals surface area (Å²) in [7, 11) is 3.79. The lowest BCUT2D eigenvalue weighted by atomic mass is 9.94. The zero-order chi connectivity index (χ0) is 21.7. The first-order valence-electron chi connectivity index (χ1n) is 10.1. The maximum absolute atomic E-state index is 15.1. The van der Waals surface area contributed by atoms with Gasteiger partial charge in [0.1, 0.15) is 11.9 Å². The van der Waals surface area contributed by atoms with Crippen LogP contribution in [-0.4, -0.2) is 68.4 Å². The van der Waals surface area contributed by atoms with E-state index >= 15 is 4.39 Å². The first-order chi connectivity index (χ1) is 14.9. The van der Waals surface area contributed by atoms with E-state index in [1.165, 1.54) is 16.9 Å². The van der Waals surface area contributed by atoms with Gasteiger partial charge in [0, 0.05) is 24.7 Å². The van der Waals surface area contributed by atoms with Crippen LogP contribution in [0.5, 0.6) is 5.75 Å². The Labute approximate surface area is 178 Å². The molecule has 1 N–H and O–H groups in total. The molecule has 160 valence electrons. The highest BCUT2D eigenvalue weighted by atomic mass is 19.1. The average molecular weight is 424 g/mol. The lowest BCUT2D eigenvalue weighted by molar-refractivity contribution is 0.0825. The van der Waals surface area contributed by atoms with Gasteiger partial charge in [-0.15, -0.1) is 10.2 Å². The number of hydrogen-bond donors (Lipinski definition) is 1. The SMILES string of the molecule is CN1C2C=CC1[C@@H](F)[C@@H](N(C)c1ccc(-c3ccc(-n4cc(F)cn4)cc3O)nn1)C2. The largest absolute Gasteiger partial charge is 0.507 e. The maximum Gasteiger partial charge on any atom is 0.161 e. The van der Waals surface area contributed by atoms with E-state index in [1.807, 2.05) is 25.1 Å². The molecule has 1 fully saturated rings. The highest BCUT2D eigenvalue weighted by Crippen LogP contribution is 2.35. The van der Waals surface area contributed by atoms with Gasteiger partial charge >= 0.3 is 0 Å². The van der Waals surface area contributed by atoms with E-state index < -0.39 is 12.0 Å². The van der Waals surface area contributed by atoms with Crippen molar-refractivity contribution in [2.24, 2.45) is 0 Å². The number of hydrogen-bond acceptors (Lipinski definition) is 6. The molecule has 2 aliphatic rings. The third-order valence-electron chi connectivity index (χ3n) is 6.28. The van der Waals surface area contributed by atoms with Crippen molar-refractivity contribution in [3.63, 3.8) is 0 Å². The van der Waals surface area contributed by atoms with Crippen LogP contribution in [0.2, 0.25) is 0 Å². The van der Waals surface area contributed by atoms with Crippen molar-refractivity contribution in [1.82, 2.24) is 24.9 Å². The van der Waals surface area contributed by atoms with Crippen molar-refractivity contribution in [2.45, 2.75) is 30.7 Å². The number of aromatic hydroxyl groups is 1. The average Bonchev–Trinajstić information content (AvgIpc) is 3.31. The molecule has 2 unspecified atom stereocenters. The summed E-state index contributed by atoms with van der Waals surface area (Å²) in [5.41, 5.74) is 1.49. The normalized spacial score (nSPS) is 25.2. The third kappa shape index (κ3) is 3.34. The molecule has 0 saturated carbocycles. The van der Waals surface area contributed by atoms with Gasteiger partial charge < -0.3 is 10.0 Å². The van der Waals surface area contributed by atoms with Gasteiger partial charge in [-0.3, -0.25) is 4.90 Å². The highest BCUT2D eigenvalue weighted by molar-refractivity contribution is 5.69. The van der Waals surface area contributed by atoms with E-state index in [4.69, 9.17) is 0 Å². The van der Waals surface area contributed by atoms with Crippen LogP contribution in [0.25, 0.3) is 16.9 Å². The topological polar surface area (TPSA) is 70.3 Å². The van der Waals surface area contributed by atoms with Crippen LogP contribution in [0.1, 0.15) is 6.42 Å². The molecule has 4 atom stereocenters. The van der Waals surface area contributed by atoms with Gasteiger partial charge in [-0.25, -0.2) is 13.5 Å². The van der Waals surface area contributed by atoms with Crippen LogP contribution >= 0.6 is 0 Å². The van der Waals surface area contributed by atoms with Gasteiger partial charge in [-0.1, -0.05) is 12.2 Å². The molecule has 7 nitrogen and oxygen atoms in total. The van der Waals surface area contributed by atoms with Crippen molar-refractivity contribution >= 4 is 5.82 Å². The molecule has 3 aromatic rings. The van der Waals surface area contributed by atoms with Crippen molar-refractivity contribution < 1.29 is 13.9 Å². The Bertz CT molecular complexity index is 1130. The van der Waals surface area contributed by atoms with Gasteiger partial charge in [-0.2, -0.15) is 5.10 Å². The maximum atomic E-state index is 15.1. The van der Waals surface area contributed by atoms with Crippen LogP contribution in [0.15, 0.2) is 54.9 Å². The Morgan fingerprint density at radius 2 is 2.00 bits per heavy atom. The van der Waals surface area contributed by atoms with Gasteiger partial charge in [0.25, 0.3) is 0 Å². The van der Waals surface area contributed by atoms with Crippen molar-refractivity contribution in [2.75, 3.05) is 19.0 Å². The number of likely N-dealkylation sites (N-methyl/N-ethyl adjacent to an activating group) is 1. The van der Waals surface area contributed by atoms with Crippen LogP contribution in [0.3, 0.4) is 0 Å². The lowest BCUT2D eigenvalue weighted by Crippen LogP contribution is -2.56. The third-order valence-corrected chi connectivity index (χ3v) is 6.28. The van der Waals surface area contributed by atoms with E-state index in [0.717, 1.165) is 6.20 Å². The highest BCUT2D eigenvalue weighted by Gasteiger charge is 2.44. The molecule has 0 radical (unpaired) electrons. The van der Waals surface area contributed by atoms with Gasteiger partial charge in [-0.05, 0) is 37.7 Å². The van der Waals surface area contributed by atoms with Gasteiger partial charge in [0.2, 0.25) is 0 Å². The Hall–Kier alpha value is -3.33. The summed E-state index contributed by atoms with van der Waals surface area (Å²) in [6.45, 7) is 0. The van der Waals surface area contributed by atoms with Gasteiger partial charge in [0.05, 0.1) is 35.9 Å². The van der Waals surface area contributed by atoms with E-state index in [2.05, 4.69) is 26.3 Å². The molecule has 2 bridgehead atoms. The molecule has 2 aliphatic heterocycles. The van der Waals surface area contributed by atoms with E-state index in [1.54, 1.807) is 24.3 Å². The fourth-order valence-corrected chi connectivity index (χ4v) is 4.44. The zero-order valence-corrected chi connectivity index (χ0v) is 17.1. The lowest BCUT2D eigenvalue weighted by Gasteiger charge is -2.43. The first-order valence-corrected chi connectivity index (χ1v) is 10.1. The minimum Gasteiger partial charge on any atom is -0.507 e. The molecule has 2 aromatic heterocycles. The summed E-state index contributed by atoms with van der Waals surface area (Å²) in [4.78, 5) is 3.91. The number of aromatic nitrogens is 4. The standard InChI is InChI=1S/C22H22F2N6O/c1-28-14-4-7-18(28)22(24)19(9-14)29(2)21-8-6-17(26-27-21)16-5-3-15(10-20(16)31)30-12-13(23)11-25-30/h3-8,10-12,14,18-19,22,31H,9H2,1-2H3/t14?,18?,19-,22+/m0/s1. The number of phenolic OH excluding ortho intramolecular Hbond substituents is 1. The molecule has 0 aliphatic carbocycles. The first kappa shape index (κ1) is 19.6. The Kier molecular flexibility index (Phi) is 4.70. The summed E-state index contributed by atoms with van der Waals surface area (Å²) in [6, 6.07) is 8.12. The van der Waals surface area contributed by atoms with Crippen LogP contribution in [-0.2, 0) is 0 Å². The second-order valence-corrected chi connectivity index (χ2v) is 8.05. The molecule has 0 spiro atoms. The van der Waals surface area contributed by atoms with Crippen LogP contribution < -0.4 is 4.90 Å². The number of rotatable bonds is 4. The number of alkyl halides is 1. The predicted octanol–water partition coefficient (Wildman–Crippen LogP) is 2.96. The smallest absolute Gasteiger partial charge is 0.161 e. The molecule has 1 saturated heterocycles. The van der Waals surface area contributed by atoms with E-state index in [0.29, 0.717) is 29.2 Å². The summed E-state index contributed by atoms with van der Waals surface area (Å²) >= 11 is 0. The number of anilines is 1. The van der Waals surface area contributed by atoms with E-state index in [9.17, 15) is 9.50 Å². The number of benzene rings is 1.